The number of hydrogen-bond donors (Lipinski definition) is 0. The van der Waals surface area contributed by atoms with Crippen molar-refractivity contribution in [3.8, 4) is 24.7 Å². The predicted molar refractivity (Wildman–Crippen MR) is 81.4 cm³/mol. The van der Waals surface area contributed by atoms with Gasteiger partial charge in [-0.15, -0.1) is 12.8 Å². The molecule has 2 saturated heterocycles. The molecule has 0 N–H and O–H groups in total. The minimum Gasteiger partial charge on any atom is -0.330 e. The van der Waals surface area contributed by atoms with Crippen LogP contribution in [0, 0.1) is 24.7 Å². The third-order valence-corrected chi connectivity index (χ3v) is 4.09. The maximum atomic E-state index is 13.7. The zero-order chi connectivity index (χ0) is 17.5. The molecule has 0 saturated carbocycles. The van der Waals surface area contributed by atoms with Crippen LogP contribution in [0.4, 0.5) is 8.78 Å². The van der Waals surface area contributed by atoms with Gasteiger partial charge in [0.15, 0.2) is 0 Å². The van der Waals surface area contributed by atoms with E-state index in [1.54, 1.807) is 0 Å². The number of nitrogens with zero attached hydrogens (tertiary/aromatic N) is 3. The number of amides is 2. The molecule has 0 bridgehead atoms. The number of carbonyl (C=O) groups excluding carboxylic acids is 2. The first kappa shape index (κ1) is 15.9. The quantitative estimate of drug-likeness (QED) is 0.750. The first-order chi connectivity index (χ1) is 11.3. The number of rotatable bonds is 2. The molecule has 2 fully saturated rings. The van der Waals surface area contributed by atoms with E-state index in [1.807, 2.05) is 11.8 Å². The molecule has 2 aliphatic heterocycles. The van der Waals surface area contributed by atoms with Crippen molar-refractivity contribution in [3.05, 3.63) is 29.6 Å². The Labute approximate surface area is 137 Å². The minimum absolute atomic E-state index is 0.143. The number of halogens is 2. The van der Waals surface area contributed by atoms with E-state index in [-0.39, 0.29) is 37.3 Å². The minimum atomic E-state index is -1.80. The fourth-order valence-corrected chi connectivity index (χ4v) is 2.63. The second-order valence-electron chi connectivity index (χ2n) is 6.00. The molecule has 0 radical (unpaired) electrons. The molecule has 24 heavy (non-hydrogen) atoms. The fourth-order valence-electron chi connectivity index (χ4n) is 2.63. The van der Waals surface area contributed by atoms with Crippen molar-refractivity contribution in [1.29, 1.82) is 0 Å². The summed E-state index contributed by atoms with van der Waals surface area (Å²) in [5.41, 5.74) is -3.31. The lowest BCUT2D eigenvalue weighted by molar-refractivity contribution is 0.0127. The van der Waals surface area contributed by atoms with Crippen molar-refractivity contribution < 1.29 is 18.4 Å². The zero-order valence-electron chi connectivity index (χ0n) is 12.6. The molecule has 1 aromatic heterocycles. The Bertz CT molecular complexity index is 734. The summed E-state index contributed by atoms with van der Waals surface area (Å²) in [6.07, 6.45) is 12.7. The van der Waals surface area contributed by atoms with Gasteiger partial charge in [-0.05, 0) is 6.07 Å². The Hall–Kier alpha value is -2.93. The van der Waals surface area contributed by atoms with Crippen LogP contribution in [0.2, 0.25) is 0 Å². The highest BCUT2D eigenvalue weighted by Crippen LogP contribution is 2.28. The van der Waals surface area contributed by atoms with Crippen molar-refractivity contribution in [2.75, 3.05) is 26.2 Å². The van der Waals surface area contributed by atoms with Crippen LogP contribution in [0.1, 0.15) is 20.7 Å². The van der Waals surface area contributed by atoms with Crippen LogP contribution in [0.3, 0.4) is 0 Å². The molecular weight excluding hydrogens is 316 g/mol. The van der Waals surface area contributed by atoms with E-state index in [2.05, 4.69) is 4.98 Å². The molecule has 0 aliphatic carbocycles. The standard InChI is InChI=1S/C17H13F2N3O2/c1-3-16(18)8-21(9-16)14(23)12-5-13(7-20-6-12)15(24)22-10-17(19,4-2)11-22/h1-2,5-7H,8-11H2. The summed E-state index contributed by atoms with van der Waals surface area (Å²) >= 11 is 0. The first-order valence-corrected chi connectivity index (χ1v) is 7.16. The van der Waals surface area contributed by atoms with E-state index in [1.165, 1.54) is 28.3 Å². The van der Waals surface area contributed by atoms with Crippen molar-refractivity contribution in [2.24, 2.45) is 0 Å². The van der Waals surface area contributed by atoms with Crippen molar-refractivity contribution in [3.63, 3.8) is 0 Å². The van der Waals surface area contributed by atoms with Crippen LogP contribution in [-0.2, 0) is 0 Å². The maximum Gasteiger partial charge on any atom is 0.255 e. The predicted octanol–water partition coefficient (Wildman–Crippen LogP) is 0.676. The van der Waals surface area contributed by atoms with Crippen LogP contribution in [0.25, 0.3) is 0 Å². The number of likely N-dealkylation sites (tertiary alicyclic amines) is 2. The Morgan fingerprint density at radius 2 is 1.33 bits per heavy atom. The SMILES string of the molecule is C#CC1(F)CN(C(=O)c2cncc(C(=O)N3CC(F)(C#C)C3)c2)C1. The van der Waals surface area contributed by atoms with Gasteiger partial charge in [-0.2, -0.15) is 0 Å². The lowest BCUT2D eigenvalue weighted by Gasteiger charge is -2.41. The lowest BCUT2D eigenvalue weighted by Crippen LogP contribution is -2.60. The first-order valence-electron chi connectivity index (χ1n) is 7.16. The van der Waals surface area contributed by atoms with Crippen LogP contribution >= 0.6 is 0 Å². The number of terminal acetylenes is 2. The number of alkyl halides is 2. The summed E-state index contributed by atoms with van der Waals surface area (Å²) in [6, 6.07) is 1.35. The highest BCUT2D eigenvalue weighted by Gasteiger charge is 2.46. The molecule has 3 heterocycles. The molecule has 0 aromatic carbocycles. The summed E-state index contributed by atoms with van der Waals surface area (Å²) in [7, 11) is 0. The number of pyridine rings is 1. The van der Waals surface area contributed by atoms with Gasteiger partial charge in [0.1, 0.15) is 0 Å². The van der Waals surface area contributed by atoms with Gasteiger partial charge in [-0.3, -0.25) is 14.6 Å². The molecule has 2 amide bonds. The summed E-state index contributed by atoms with van der Waals surface area (Å²) in [5.74, 6) is 3.07. The molecule has 0 spiro atoms. The Kier molecular flexibility index (Phi) is 3.53. The number of hydrogen-bond acceptors (Lipinski definition) is 3. The van der Waals surface area contributed by atoms with Crippen molar-refractivity contribution >= 4 is 11.8 Å². The van der Waals surface area contributed by atoms with E-state index in [0.717, 1.165) is 0 Å². The van der Waals surface area contributed by atoms with Gasteiger partial charge in [-0.1, -0.05) is 11.8 Å². The average molecular weight is 329 g/mol. The van der Waals surface area contributed by atoms with Gasteiger partial charge >= 0.3 is 0 Å². The second kappa shape index (κ2) is 5.31. The molecule has 122 valence electrons. The van der Waals surface area contributed by atoms with Gasteiger partial charge in [0.05, 0.1) is 37.3 Å². The summed E-state index contributed by atoms with van der Waals surface area (Å²) in [6.45, 7) is -0.781. The van der Waals surface area contributed by atoms with Crippen LogP contribution < -0.4 is 0 Å². The third kappa shape index (κ3) is 2.59. The summed E-state index contributed by atoms with van der Waals surface area (Å²) in [5, 5.41) is 0. The van der Waals surface area contributed by atoms with Crippen LogP contribution in [0.15, 0.2) is 18.5 Å². The average Bonchev–Trinajstić information content (AvgIpc) is 2.55. The summed E-state index contributed by atoms with van der Waals surface area (Å²) in [4.78, 5) is 30.8. The Balaban J connectivity index is 1.70. The molecule has 7 heteroatoms. The smallest absolute Gasteiger partial charge is 0.255 e. The normalized spacial score (nSPS) is 20.2. The largest absolute Gasteiger partial charge is 0.330 e. The van der Waals surface area contributed by atoms with Gasteiger partial charge in [0.25, 0.3) is 11.8 Å². The van der Waals surface area contributed by atoms with Gasteiger partial charge < -0.3 is 9.80 Å². The maximum absolute atomic E-state index is 13.7. The van der Waals surface area contributed by atoms with Crippen molar-refractivity contribution in [2.45, 2.75) is 11.3 Å². The van der Waals surface area contributed by atoms with E-state index >= 15 is 0 Å². The lowest BCUT2D eigenvalue weighted by atomic mass is 9.95. The molecule has 2 aliphatic rings. The van der Waals surface area contributed by atoms with E-state index in [9.17, 15) is 18.4 Å². The molecule has 0 atom stereocenters. The Morgan fingerprint density at radius 1 is 0.958 bits per heavy atom. The number of aromatic nitrogens is 1. The monoisotopic (exact) mass is 329 g/mol. The van der Waals surface area contributed by atoms with Crippen LogP contribution in [0.5, 0.6) is 0 Å². The highest BCUT2D eigenvalue weighted by molar-refractivity contribution is 6.00. The van der Waals surface area contributed by atoms with E-state index < -0.39 is 23.2 Å². The molecule has 0 unspecified atom stereocenters. The second-order valence-corrected chi connectivity index (χ2v) is 6.00. The van der Waals surface area contributed by atoms with Crippen LogP contribution in [-0.4, -0.2) is 64.1 Å². The molecule has 1 aromatic rings. The van der Waals surface area contributed by atoms with Crippen molar-refractivity contribution in [1.82, 2.24) is 14.8 Å². The fraction of sp³-hybridized carbons (Fsp3) is 0.353. The Morgan fingerprint density at radius 3 is 1.67 bits per heavy atom. The topological polar surface area (TPSA) is 53.5 Å². The van der Waals surface area contributed by atoms with Gasteiger partial charge in [0, 0.05) is 12.4 Å². The zero-order valence-corrected chi connectivity index (χ0v) is 12.6. The van der Waals surface area contributed by atoms with E-state index in [4.69, 9.17) is 12.8 Å². The third-order valence-electron chi connectivity index (χ3n) is 4.09. The van der Waals surface area contributed by atoms with Gasteiger partial charge in [-0.25, -0.2) is 8.78 Å². The van der Waals surface area contributed by atoms with Gasteiger partial charge in [0.2, 0.25) is 11.3 Å². The molecular formula is C17H13F2N3O2. The highest BCUT2D eigenvalue weighted by atomic mass is 19.1. The van der Waals surface area contributed by atoms with E-state index in [0.29, 0.717) is 0 Å². The molecule has 5 nitrogen and oxygen atoms in total. The molecule has 3 rings (SSSR count). The summed E-state index contributed by atoms with van der Waals surface area (Å²) < 4.78 is 27.4. The number of carbonyl (C=O) groups is 2.